The number of carboxylic acids is 1. The molecule has 9 nitrogen and oxygen atoms in total. The van der Waals surface area contributed by atoms with Gasteiger partial charge in [-0.15, -0.1) is 11.3 Å². The molecule has 1 aromatic heterocycles. The molecule has 4 aromatic rings. The highest BCUT2D eigenvalue weighted by Crippen LogP contribution is 2.39. The number of carboxylic acid groups (broad SMARTS) is 1. The van der Waals surface area contributed by atoms with Crippen LogP contribution in [0.2, 0.25) is 0 Å². The molecule has 1 saturated heterocycles. The molecule has 2 aliphatic rings. The second-order valence-electron chi connectivity index (χ2n) is 14.8. The summed E-state index contributed by atoms with van der Waals surface area (Å²) in [5.41, 5.74) is 3.38. The Hall–Kier alpha value is -4.49. The zero-order valence-electron chi connectivity index (χ0n) is 31.1. The highest BCUT2D eigenvalue weighted by Gasteiger charge is 2.33. The van der Waals surface area contributed by atoms with Crippen LogP contribution < -0.4 is 10.6 Å². The lowest BCUT2D eigenvalue weighted by Crippen LogP contribution is -2.58. The summed E-state index contributed by atoms with van der Waals surface area (Å²) in [4.78, 5) is 44.7. The van der Waals surface area contributed by atoms with Crippen molar-refractivity contribution >= 4 is 39.8 Å². The van der Waals surface area contributed by atoms with Crippen LogP contribution in [0.4, 0.5) is 19.5 Å². The number of benzene rings is 3. The number of carbonyl (C=O) groups is 3. The molecule has 0 radical (unpaired) electrons. The van der Waals surface area contributed by atoms with Gasteiger partial charge < -0.3 is 25.4 Å². The molecule has 0 saturated carbocycles. The molecule has 1 aliphatic heterocycles. The van der Waals surface area contributed by atoms with Crippen molar-refractivity contribution in [2.24, 2.45) is 0 Å². The number of aryl methyl sites for hydroxylation is 2. The minimum atomic E-state index is -1.05. The molecule has 12 heteroatoms. The van der Waals surface area contributed by atoms with Crippen LogP contribution >= 0.6 is 11.3 Å². The van der Waals surface area contributed by atoms with Gasteiger partial charge >= 0.3 is 5.97 Å². The van der Waals surface area contributed by atoms with Gasteiger partial charge in [-0.05, 0) is 112 Å². The van der Waals surface area contributed by atoms with Crippen molar-refractivity contribution < 1.29 is 33.0 Å². The number of anilines is 2. The van der Waals surface area contributed by atoms with E-state index in [4.69, 9.17) is 9.84 Å². The maximum atomic E-state index is 15.3. The van der Waals surface area contributed by atoms with Crippen LogP contribution in [0.5, 0.6) is 0 Å². The number of amides is 2. The number of nitrogens with one attached hydrogen (secondary N) is 2. The molecule has 6 rings (SSSR count). The first-order valence-electron chi connectivity index (χ1n) is 18.5. The summed E-state index contributed by atoms with van der Waals surface area (Å²) in [6, 6.07) is 16.0. The number of aromatic carboxylic acids is 1. The third kappa shape index (κ3) is 9.41. The molecule has 0 spiro atoms. The van der Waals surface area contributed by atoms with Crippen molar-refractivity contribution in [1.82, 2.24) is 9.80 Å². The van der Waals surface area contributed by atoms with Crippen LogP contribution in [0.15, 0.2) is 60.7 Å². The van der Waals surface area contributed by atoms with Gasteiger partial charge in [0.15, 0.2) is 0 Å². The van der Waals surface area contributed by atoms with Crippen LogP contribution in [0.3, 0.4) is 0 Å². The van der Waals surface area contributed by atoms with Crippen molar-refractivity contribution in [2.45, 2.75) is 70.9 Å². The minimum absolute atomic E-state index is 0.0240. The molecular formula is C42H48F2N4O5S. The van der Waals surface area contributed by atoms with Gasteiger partial charge in [0.05, 0.1) is 11.1 Å². The van der Waals surface area contributed by atoms with E-state index in [0.717, 1.165) is 92.2 Å². The fourth-order valence-corrected chi connectivity index (χ4v) is 8.78. The Balaban J connectivity index is 1.13. The highest BCUT2D eigenvalue weighted by molar-refractivity contribution is 7.17. The van der Waals surface area contributed by atoms with Gasteiger partial charge in [-0.25, -0.2) is 13.6 Å². The van der Waals surface area contributed by atoms with Gasteiger partial charge in [-0.1, -0.05) is 24.3 Å². The van der Waals surface area contributed by atoms with Crippen LogP contribution in [0, 0.1) is 11.6 Å². The normalized spacial score (nSPS) is 15.8. The van der Waals surface area contributed by atoms with Crippen molar-refractivity contribution in [2.75, 3.05) is 50.5 Å². The van der Waals surface area contributed by atoms with Crippen LogP contribution in [0.1, 0.15) is 91.3 Å². The van der Waals surface area contributed by atoms with Crippen molar-refractivity contribution in [3.8, 4) is 0 Å². The summed E-state index contributed by atoms with van der Waals surface area (Å²) in [6.07, 6.45) is 4.69. The van der Waals surface area contributed by atoms with Crippen LogP contribution in [-0.2, 0) is 37.0 Å². The number of thiophene rings is 1. The molecule has 0 atom stereocenters. The number of hydrogen-bond donors (Lipinski definition) is 3. The molecule has 54 heavy (non-hydrogen) atoms. The SMILES string of the molecule is COCCCN1CCN(Cc2cccc(C(=O)Nc3sc4c(c3C(=O)Nc3cc(F)c(CCc5ccc(C(=O)O)cc5)c(F)c3)CCCC4)c2)C(C)(C)C1. The number of piperazine rings is 1. The fourth-order valence-electron chi connectivity index (χ4n) is 7.50. The van der Waals surface area contributed by atoms with Gasteiger partial charge in [-0.3, -0.25) is 14.5 Å². The summed E-state index contributed by atoms with van der Waals surface area (Å²) in [5.74, 6) is -3.49. The number of hydrogen-bond acceptors (Lipinski definition) is 7. The van der Waals surface area contributed by atoms with Crippen LogP contribution in [0.25, 0.3) is 0 Å². The van der Waals surface area contributed by atoms with Crippen molar-refractivity contribution in [1.29, 1.82) is 0 Å². The van der Waals surface area contributed by atoms with Gasteiger partial charge in [0.2, 0.25) is 0 Å². The Morgan fingerprint density at radius 2 is 1.63 bits per heavy atom. The third-order valence-corrected chi connectivity index (χ3v) is 11.6. The topological polar surface area (TPSA) is 111 Å². The molecule has 1 aliphatic carbocycles. The summed E-state index contributed by atoms with van der Waals surface area (Å²) in [7, 11) is 1.73. The quantitative estimate of drug-likeness (QED) is 0.113. The molecule has 1 fully saturated rings. The second-order valence-corrected chi connectivity index (χ2v) is 15.9. The van der Waals surface area contributed by atoms with E-state index in [0.29, 0.717) is 35.5 Å². The van der Waals surface area contributed by atoms with E-state index in [2.05, 4.69) is 34.3 Å². The minimum Gasteiger partial charge on any atom is -0.478 e. The first-order valence-corrected chi connectivity index (χ1v) is 19.4. The maximum Gasteiger partial charge on any atom is 0.335 e. The number of halogens is 2. The Bertz CT molecular complexity index is 1970. The monoisotopic (exact) mass is 758 g/mol. The summed E-state index contributed by atoms with van der Waals surface area (Å²) in [5, 5.41) is 15.2. The van der Waals surface area contributed by atoms with E-state index in [1.807, 2.05) is 18.2 Å². The Labute approximate surface area is 319 Å². The van der Waals surface area contributed by atoms with Crippen molar-refractivity contribution in [3.05, 3.63) is 116 Å². The number of nitrogens with zero attached hydrogens (tertiary/aromatic N) is 2. The summed E-state index contributed by atoms with van der Waals surface area (Å²) < 4.78 is 35.7. The predicted octanol–water partition coefficient (Wildman–Crippen LogP) is 7.83. The Morgan fingerprint density at radius 3 is 2.33 bits per heavy atom. The third-order valence-electron chi connectivity index (χ3n) is 10.4. The van der Waals surface area contributed by atoms with E-state index in [9.17, 15) is 14.4 Å². The summed E-state index contributed by atoms with van der Waals surface area (Å²) >= 11 is 1.38. The molecule has 3 N–H and O–H groups in total. The highest BCUT2D eigenvalue weighted by atomic mass is 32.1. The van der Waals surface area contributed by atoms with Gasteiger partial charge in [0.25, 0.3) is 11.8 Å². The van der Waals surface area contributed by atoms with E-state index in [1.165, 1.54) is 23.5 Å². The number of methoxy groups -OCH3 is 1. The molecule has 0 unspecified atom stereocenters. The van der Waals surface area contributed by atoms with E-state index < -0.39 is 23.5 Å². The standard InChI is InChI=1S/C42H48F2N4O5S/c1-42(2)26-47(18-7-21-53-3)19-20-48(42)25-28-8-6-9-30(22-28)38(49)46-40-37(33-10-4-5-11-36(33)54-40)39(50)45-31-23-34(43)32(35(44)24-31)17-14-27-12-15-29(16-13-27)41(51)52/h6,8-9,12-13,15-16,22-24H,4-5,7,10-11,14,17-21,25-26H2,1-3H3,(H,45,50)(H,46,49)(H,51,52). The lowest BCUT2D eigenvalue weighted by molar-refractivity contribution is 0.0109. The molecule has 2 amide bonds. The largest absolute Gasteiger partial charge is 0.478 e. The van der Waals surface area contributed by atoms with Gasteiger partial charge in [-0.2, -0.15) is 0 Å². The fraction of sp³-hybridized carbons (Fsp3) is 0.405. The van der Waals surface area contributed by atoms with Crippen molar-refractivity contribution in [3.63, 3.8) is 0 Å². The Kier molecular flexibility index (Phi) is 12.6. The average Bonchev–Trinajstić information content (AvgIpc) is 3.50. The predicted molar refractivity (Wildman–Crippen MR) is 208 cm³/mol. The second kappa shape index (κ2) is 17.3. The lowest BCUT2D eigenvalue weighted by atomic mass is 9.95. The summed E-state index contributed by atoms with van der Waals surface area (Å²) in [6.45, 7) is 9.79. The lowest BCUT2D eigenvalue weighted by Gasteiger charge is -2.47. The number of carbonyl (C=O) groups excluding carboxylic acids is 2. The average molecular weight is 759 g/mol. The van der Waals surface area contributed by atoms with Crippen LogP contribution in [-0.4, -0.2) is 78.1 Å². The molecule has 0 bridgehead atoms. The molecular weight excluding hydrogens is 711 g/mol. The first kappa shape index (κ1) is 39.2. The van der Waals surface area contributed by atoms with Gasteiger partial charge in [0.1, 0.15) is 16.6 Å². The zero-order valence-corrected chi connectivity index (χ0v) is 31.9. The molecule has 3 aromatic carbocycles. The molecule has 286 valence electrons. The number of fused-ring (bicyclic) bond motifs is 1. The zero-order chi connectivity index (χ0) is 38.4. The maximum absolute atomic E-state index is 15.3. The first-order chi connectivity index (χ1) is 25.9. The Morgan fingerprint density at radius 1 is 0.889 bits per heavy atom. The van der Waals surface area contributed by atoms with E-state index in [-0.39, 0.29) is 34.7 Å². The number of ether oxygens (including phenoxy) is 1. The van der Waals surface area contributed by atoms with Gasteiger partial charge in [0, 0.05) is 73.7 Å². The van der Waals surface area contributed by atoms with E-state index >= 15 is 8.78 Å². The van der Waals surface area contributed by atoms with E-state index in [1.54, 1.807) is 25.3 Å². The number of rotatable bonds is 14. The smallest absolute Gasteiger partial charge is 0.335 e. The molecule has 2 heterocycles.